The minimum absolute atomic E-state index is 0.294. The molecule has 1 atom stereocenters. The molecule has 0 amide bonds. The van der Waals surface area contributed by atoms with Crippen molar-refractivity contribution in [3.63, 3.8) is 0 Å². The summed E-state index contributed by atoms with van der Waals surface area (Å²) >= 11 is 0. The second kappa shape index (κ2) is 11.3. The summed E-state index contributed by atoms with van der Waals surface area (Å²) in [4.78, 5) is 10.4. The molecule has 8 aromatic rings. The number of furan rings is 1. The summed E-state index contributed by atoms with van der Waals surface area (Å²) in [5.74, 6) is 1.48. The van der Waals surface area contributed by atoms with E-state index in [2.05, 4.69) is 157 Å². The van der Waals surface area contributed by atoms with Crippen LogP contribution in [0.25, 0.3) is 55.0 Å². The quantitative estimate of drug-likeness (QED) is 0.213. The van der Waals surface area contributed by atoms with Crippen molar-refractivity contribution >= 4 is 44.4 Å². The number of hydrogen-bond acceptors (Lipinski definition) is 4. The minimum Gasteiger partial charge on any atom is -0.455 e. The molecule has 0 saturated carbocycles. The smallest absolute Gasteiger partial charge is 0.160 e. The van der Waals surface area contributed by atoms with Crippen LogP contribution in [0, 0.1) is 0 Å². The average Bonchev–Trinajstić information content (AvgIpc) is 3.54. The van der Waals surface area contributed by atoms with Crippen molar-refractivity contribution in [2.45, 2.75) is 6.17 Å². The van der Waals surface area contributed by atoms with Crippen molar-refractivity contribution < 1.29 is 4.42 Å². The number of hydrogen-bond donors (Lipinski definition) is 1. The molecular weight excluding hydrogens is 574 g/mol. The van der Waals surface area contributed by atoms with Gasteiger partial charge in [0.15, 0.2) is 5.84 Å². The molecule has 1 aromatic heterocycles. The van der Waals surface area contributed by atoms with Gasteiger partial charge in [-0.15, -0.1) is 0 Å². The Kier molecular flexibility index (Phi) is 6.50. The van der Waals surface area contributed by atoms with Gasteiger partial charge in [0.1, 0.15) is 23.2 Å². The summed E-state index contributed by atoms with van der Waals surface area (Å²) in [7, 11) is 0. The Morgan fingerprint density at radius 1 is 0.511 bits per heavy atom. The highest BCUT2D eigenvalue weighted by atomic mass is 16.3. The van der Waals surface area contributed by atoms with Crippen LogP contribution >= 0.6 is 0 Å². The molecule has 1 aliphatic heterocycles. The van der Waals surface area contributed by atoms with Gasteiger partial charge in [0, 0.05) is 27.5 Å². The maximum absolute atomic E-state index is 6.60. The van der Waals surface area contributed by atoms with E-state index in [0.717, 1.165) is 66.7 Å². The lowest BCUT2D eigenvalue weighted by Crippen LogP contribution is -2.33. The van der Waals surface area contributed by atoms with Crippen LogP contribution in [-0.2, 0) is 0 Å². The van der Waals surface area contributed by atoms with E-state index in [1.165, 1.54) is 10.8 Å². The van der Waals surface area contributed by atoms with Crippen molar-refractivity contribution in [2.75, 3.05) is 0 Å². The van der Waals surface area contributed by atoms with Crippen molar-refractivity contribution in [1.82, 2.24) is 5.32 Å². The largest absolute Gasteiger partial charge is 0.455 e. The Bertz CT molecular complexity index is 2490. The zero-order valence-electron chi connectivity index (χ0n) is 25.5. The summed E-state index contributed by atoms with van der Waals surface area (Å²) in [6.45, 7) is 0. The predicted octanol–water partition coefficient (Wildman–Crippen LogP) is 10.6. The third kappa shape index (κ3) is 4.79. The van der Waals surface area contributed by atoms with Crippen LogP contribution in [0.4, 0.5) is 0 Å². The molecule has 4 heteroatoms. The molecule has 0 aliphatic carbocycles. The number of para-hydroxylation sites is 1. The summed E-state index contributed by atoms with van der Waals surface area (Å²) in [5.41, 5.74) is 9.15. The van der Waals surface area contributed by atoms with E-state index in [9.17, 15) is 0 Å². The first-order valence-electron chi connectivity index (χ1n) is 15.9. The van der Waals surface area contributed by atoms with E-state index in [-0.39, 0.29) is 6.17 Å². The zero-order valence-corrected chi connectivity index (χ0v) is 25.5. The van der Waals surface area contributed by atoms with E-state index >= 15 is 0 Å². The Labute approximate surface area is 272 Å². The molecule has 1 aliphatic rings. The normalized spacial score (nSPS) is 14.6. The summed E-state index contributed by atoms with van der Waals surface area (Å²) in [6.07, 6.45) is -0.294. The first-order chi connectivity index (χ1) is 23.3. The third-order valence-electron chi connectivity index (χ3n) is 8.95. The maximum Gasteiger partial charge on any atom is 0.160 e. The summed E-state index contributed by atoms with van der Waals surface area (Å²) in [5, 5.41) is 8.16. The van der Waals surface area contributed by atoms with E-state index in [1.54, 1.807) is 0 Å². The maximum atomic E-state index is 6.60. The van der Waals surface area contributed by atoms with Crippen LogP contribution in [-0.4, -0.2) is 11.7 Å². The Balaban J connectivity index is 1.23. The van der Waals surface area contributed by atoms with Gasteiger partial charge in [0.05, 0.1) is 0 Å². The fourth-order valence-corrected chi connectivity index (χ4v) is 6.69. The molecule has 0 bridgehead atoms. The van der Waals surface area contributed by atoms with Crippen LogP contribution in [0.15, 0.2) is 178 Å². The summed E-state index contributed by atoms with van der Waals surface area (Å²) in [6, 6.07) is 56.8. The highest BCUT2D eigenvalue weighted by molar-refractivity contribution is 6.20. The fourth-order valence-electron chi connectivity index (χ4n) is 6.69. The topological polar surface area (TPSA) is 49.9 Å². The SMILES string of the molecule is c1ccc(-c2cccc3c2oc2cccc(-c4ccccc4C4=NC(c5ccccc5)NC(c5ccc6ccccc6c5)=N4)c23)cc1. The lowest BCUT2D eigenvalue weighted by atomic mass is 9.94. The van der Waals surface area contributed by atoms with Gasteiger partial charge in [-0.25, -0.2) is 9.98 Å². The molecule has 0 fully saturated rings. The fraction of sp³-hybridized carbons (Fsp3) is 0.0233. The van der Waals surface area contributed by atoms with Gasteiger partial charge in [0.2, 0.25) is 0 Å². The number of nitrogens with one attached hydrogen (secondary N) is 1. The molecule has 47 heavy (non-hydrogen) atoms. The van der Waals surface area contributed by atoms with Crippen molar-refractivity contribution in [1.29, 1.82) is 0 Å². The van der Waals surface area contributed by atoms with E-state index in [4.69, 9.17) is 14.4 Å². The molecule has 1 N–H and O–H groups in total. The van der Waals surface area contributed by atoms with Crippen molar-refractivity contribution in [3.05, 3.63) is 180 Å². The molecule has 2 heterocycles. The van der Waals surface area contributed by atoms with Gasteiger partial charge in [-0.1, -0.05) is 152 Å². The molecular formula is C43H29N3O. The van der Waals surface area contributed by atoms with Crippen LogP contribution in [0.5, 0.6) is 0 Å². The predicted molar refractivity (Wildman–Crippen MR) is 194 cm³/mol. The molecule has 0 saturated heterocycles. The Morgan fingerprint density at radius 2 is 1.19 bits per heavy atom. The Hall–Kier alpha value is -6.26. The number of rotatable bonds is 5. The lowest BCUT2D eigenvalue weighted by molar-refractivity contribution is 0.670. The van der Waals surface area contributed by atoms with Crippen LogP contribution in [0.2, 0.25) is 0 Å². The number of nitrogens with zero attached hydrogens (tertiary/aromatic N) is 2. The van der Waals surface area contributed by atoms with Gasteiger partial charge in [-0.05, 0) is 45.2 Å². The number of fused-ring (bicyclic) bond motifs is 4. The summed E-state index contributed by atoms with van der Waals surface area (Å²) < 4.78 is 6.60. The number of aliphatic imine (C=N–C) groups is 2. The molecule has 1 unspecified atom stereocenters. The average molecular weight is 604 g/mol. The molecule has 4 nitrogen and oxygen atoms in total. The number of benzene rings is 7. The van der Waals surface area contributed by atoms with Crippen LogP contribution in [0.3, 0.4) is 0 Å². The van der Waals surface area contributed by atoms with Gasteiger partial charge < -0.3 is 9.73 Å². The van der Waals surface area contributed by atoms with Crippen molar-refractivity contribution in [2.24, 2.45) is 9.98 Å². The van der Waals surface area contributed by atoms with Gasteiger partial charge in [-0.3, -0.25) is 0 Å². The lowest BCUT2D eigenvalue weighted by Gasteiger charge is -2.24. The monoisotopic (exact) mass is 603 g/mol. The Morgan fingerprint density at radius 3 is 2.04 bits per heavy atom. The van der Waals surface area contributed by atoms with E-state index in [0.29, 0.717) is 5.84 Å². The van der Waals surface area contributed by atoms with Gasteiger partial charge >= 0.3 is 0 Å². The highest BCUT2D eigenvalue weighted by Crippen LogP contribution is 2.41. The van der Waals surface area contributed by atoms with Gasteiger partial charge in [-0.2, -0.15) is 0 Å². The van der Waals surface area contributed by atoms with Crippen LogP contribution < -0.4 is 5.32 Å². The first kappa shape index (κ1) is 27.1. The minimum atomic E-state index is -0.294. The molecule has 0 spiro atoms. The van der Waals surface area contributed by atoms with Crippen molar-refractivity contribution in [3.8, 4) is 22.3 Å². The second-order valence-electron chi connectivity index (χ2n) is 11.8. The molecule has 9 rings (SSSR count). The second-order valence-corrected chi connectivity index (χ2v) is 11.8. The first-order valence-corrected chi connectivity index (χ1v) is 15.9. The highest BCUT2D eigenvalue weighted by Gasteiger charge is 2.24. The van der Waals surface area contributed by atoms with Gasteiger partial charge in [0.25, 0.3) is 0 Å². The van der Waals surface area contributed by atoms with E-state index < -0.39 is 0 Å². The van der Waals surface area contributed by atoms with Crippen LogP contribution in [0.1, 0.15) is 22.9 Å². The third-order valence-corrected chi connectivity index (χ3v) is 8.95. The number of amidine groups is 2. The molecule has 7 aromatic carbocycles. The molecule has 0 radical (unpaired) electrons. The standard InChI is InChI=1S/C43H29N3O/c1-3-14-29(15-4-1)33-21-11-23-37-39-35(22-12-24-38(39)47-40(33)37)34-19-9-10-20-36(34)43-45-41(30-16-5-2-6-17-30)44-42(46-43)32-26-25-28-13-7-8-18-31(28)27-32/h1-27,41H,(H,44,45,46). The molecule has 222 valence electrons. The van der Waals surface area contributed by atoms with E-state index in [1.807, 2.05) is 12.1 Å². The zero-order chi connectivity index (χ0) is 31.2.